The van der Waals surface area contributed by atoms with Crippen LogP contribution in [-0.2, 0) is 24.0 Å². The Morgan fingerprint density at radius 1 is 0.905 bits per heavy atom. The van der Waals surface area contributed by atoms with Gasteiger partial charge in [-0.05, 0) is 79.9 Å². The fourth-order valence-corrected chi connectivity index (χ4v) is 6.95. The number of nitrogens with one attached hydrogen (secondary N) is 1. The Morgan fingerprint density at radius 2 is 1.48 bits per heavy atom. The molecule has 0 aliphatic carbocycles. The van der Waals surface area contributed by atoms with Crippen LogP contribution in [0.3, 0.4) is 0 Å². The zero-order valence-corrected chi connectivity index (χ0v) is 30.4. The largest absolute Gasteiger partial charge is 0.543 e. The van der Waals surface area contributed by atoms with Gasteiger partial charge in [-0.25, -0.2) is 8.42 Å². The number of carbonyl (C=O) groups excluding carboxylic acids is 1. The number of benzene rings is 2. The summed E-state index contributed by atoms with van der Waals surface area (Å²) in [6.45, 7) is 25.2. The van der Waals surface area contributed by atoms with Crippen molar-refractivity contribution in [1.82, 2.24) is 0 Å². The van der Waals surface area contributed by atoms with E-state index in [0.29, 0.717) is 23.4 Å². The van der Waals surface area contributed by atoms with Crippen molar-refractivity contribution in [2.45, 2.75) is 109 Å². The zero-order chi connectivity index (χ0) is 32.1. The number of carbonyl (C=O) groups is 1. The summed E-state index contributed by atoms with van der Waals surface area (Å²) < 4.78 is 48.5. The van der Waals surface area contributed by atoms with Crippen LogP contribution in [0.5, 0.6) is 5.75 Å². The van der Waals surface area contributed by atoms with Gasteiger partial charge in [0.25, 0.3) is 10.0 Å². The zero-order valence-electron chi connectivity index (χ0n) is 27.5. The van der Waals surface area contributed by atoms with E-state index >= 15 is 0 Å². The molecule has 0 aliphatic rings. The maximum Gasteiger partial charge on any atom is 0.302 e. The smallest absolute Gasteiger partial charge is 0.302 e. The molecule has 0 bridgehead atoms. The molecule has 0 heterocycles. The van der Waals surface area contributed by atoms with Crippen molar-refractivity contribution in [3.8, 4) is 5.75 Å². The Kier molecular flexibility index (Phi) is 11.5. The molecule has 0 amide bonds. The molecule has 0 spiro atoms. The Morgan fingerprint density at radius 3 is 2.00 bits per heavy atom. The molecular weight excluding hydrogens is 583 g/mol. The molecule has 0 fully saturated rings. The highest BCUT2D eigenvalue weighted by molar-refractivity contribution is 7.92. The standard InChI is InChI=1S/C32H51NO6SSi2/c1-24-16-19-27(20-17-24)40(35,36)33-29-21-18-26(38-41(9,10)31(3,4)5)23-28(29)30(15-13-14-22-37-25(2)34)39-42(11,12)32(6,7)8/h13-14,16-21,23,30,33H,15,22H2,1-12H3/b14-13+. The van der Waals surface area contributed by atoms with Gasteiger partial charge in [-0.2, -0.15) is 0 Å². The van der Waals surface area contributed by atoms with Crippen molar-refractivity contribution in [1.29, 1.82) is 0 Å². The molecule has 0 aliphatic heterocycles. The summed E-state index contributed by atoms with van der Waals surface area (Å²) in [4.78, 5) is 11.4. The molecule has 0 aromatic heterocycles. The molecule has 10 heteroatoms. The minimum atomic E-state index is -3.87. The lowest BCUT2D eigenvalue weighted by Crippen LogP contribution is -2.44. The first-order valence-corrected chi connectivity index (χ1v) is 21.7. The summed E-state index contributed by atoms with van der Waals surface area (Å²) in [5.41, 5.74) is 2.12. The van der Waals surface area contributed by atoms with E-state index in [9.17, 15) is 13.2 Å². The van der Waals surface area contributed by atoms with Crippen molar-refractivity contribution in [2.75, 3.05) is 11.3 Å². The molecule has 2 aromatic carbocycles. The number of sulfonamides is 1. The summed E-state index contributed by atoms with van der Waals surface area (Å²) in [6, 6.07) is 12.3. The number of rotatable bonds is 12. The minimum absolute atomic E-state index is 0.0185. The third kappa shape index (κ3) is 9.82. The van der Waals surface area contributed by atoms with Crippen LogP contribution >= 0.6 is 0 Å². The average molecular weight is 634 g/mol. The van der Waals surface area contributed by atoms with Crippen LogP contribution in [0.1, 0.15) is 72.1 Å². The molecule has 2 rings (SSSR count). The van der Waals surface area contributed by atoms with E-state index in [0.717, 1.165) is 5.56 Å². The monoisotopic (exact) mass is 633 g/mol. The van der Waals surface area contributed by atoms with Gasteiger partial charge < -0.3 is 13.6 Å². The van der Waals surface area contributed by atoms with Gasteiger partial charge in [-0.15, -0.1) is 0 Å². The molecular formula is C32H51NO6SSi2. The third-order valence-corrected chi connectivity index (χ3v) is 18.5. The molecule has 1 N–H and O–H groups in total. The summed E-state index contributed by atoms with van der Waals surface area (Å²) in [5, 5.41) is -0.0983. The van der Waals surface area contributed by atoms with Crippen LogP contribution in [-0.4, -0.2) is 37.6 Å². The van der Waals surface area contributed by atoms with Gasteiger partial charge in [0.15, 0.2) is 8.32 Å². The highest BCUT2D eigenvalue weighted by atomic mass is 32.2. The first-order chi connectivity index (χ1) is 19.1. The Balaban J connectivity index is 2.67. The van der Waals surface area contributed by atoms with Crippen molar-refractivity contribution in [3.05, 3.63) is 65.7 Å². The summed E-state index contributed by atoms with van der Waals surface area (Å²) in [7, 11) is -8.36. The van der Waals surface area contributed by atoms with Crippen LogP contribution in [0.25, 0.3) is 0 Å². The van der Waals surface area contributed by atoms with E-state index < -0.39 is 32.8 Å². The van der Waals surface area contributed by atoms with Crippen LogP contribution in [0, 0.1) is 6.92 Å². The van der Waals surface area contributed by atoms with E-state index in [4.69, 9.17) is 13.6 Å². The third-order valence-electron chi connectivity index (χ3n) is 8.27. The maximum absolute atomic E-state index is 13.5. The van der Waals surface area contributed by atoms with Gasteiger partial charge in [0.2, 0.25) is 8.32 Å². The molecule has 42 heavy (non-hydrogen) atoms. The summed E-state index contributed by atoms with van der Waals surface area (Å²) in [6.07, 6.45) is 3.69. The van der Waals surface area contributed by atoms with Gasteiger partial charge in [-0.1, -0.05) is 71.4 Å². The highest BCUT2D eigenvalue weighted by Crippen LogP contribution is 2.44. The fourth-order valence-electron chi connectivity index (χ4n) is 3.56. The van der Waals surface area contributed by atoms with Crippen LogP contribution in [0.2, 0.25) is 36.3 Å². The van der Waals surface area contributed by atoms with Crippen molar-refractivity contribution >= 4 is 38.3 Å². The second-order valence-electron chi connectivity index (χ2n) is 13.9. The molecule has 0 saturated heterocycles. The minimum Gasteiger partial charge on any atom is -0.543 e. The number of hydrogen-bond acceptors (Lipinski definition) is 6. The molecule has 1 unspecified atom stereocenters. The van der Waals surface area contributed by atoms with Gasteiger partial charge in [0, 0.05) is 12.5 Å². The fraction of sp³-hybridized carbons (Fsp3) is 0.531. The van der Waals surface area contributed by atoms with E-state index in [2.05, 4.69) is 72.5 Å². The quantitative estimate of drug-likeness (QED) is 0.143. The Labute approximate surface area is 256 Å². The van der Waals surface area contributed by atoms with E-state index in [1.54, 1.807) is 36.4 Å². The molecule has 1 atom stereocenters. The Hall–Kier alpha value is -2.41. The second kappa shape index (κ2) is 13.5. The summed E-state index contributed by atoms with van der Waals surface area (Å²) in [5.74, 6) is 0.333. The normalized spacial score (nSPS) is 14.1. The summed E-state index contributed by atoms with van der Waals surface area (Å²) >= 11 is 0. The molecule has 0 saturated carbocycles. The van der Waals surface area contributed by atoms with Crippen molar-refractivity contribution in [2.24, 2.45) is 0 Å². The SMILES string of the molecule is CC(=O)OC/C=C/CC(O[Si](C)(C)C(C)(C)C)c1cc(O[Si](C)(C)C(C)(C)C)ccc1NS(=O)(=O)c1ccc(C)cc1. The topological polar surface area (TPSA) is 90.9 Å². The number of hydrogen-bond donors (Lipinski definition) is 1. The van der Waals surface area contributed by atoms with Gasteiger partial charge >= 0.3 is 5.97 Å². The first-order valence-electron chi connectivity index (χ1n) is 14.4. The van der Waals surface area contributed by atoms with Gasteiger partial charge in [0.05, 0.1) is 16.7 Å². The highest BCUT2D eigenvalue weighted by Gasteiger charge is 2.41. The second-order valence-corrected chi connectivity index (χ2v) is 25.1. The molecule has 2 aromatic rings. The molecule has 7 nitrogen and oxygen atoms in total. The van der Waals surface area contributed by atoms with Crippen LogP contribution in [0.15, 0.2) is 59.5 Å². The van der Waals surface area contributed by atoms with Crippen LogP contribution in [0.4, 0.5) is 5.69 Å². The average Bonchev–Trinajstić information content (AvgIpc) is 2.82. The number of aryl methyl sites for hydroxylation is 1. The molecule has 234 valence electrons. The molecule has 0 radical (unpaired) electrons. The predicted octanol–water partition coefficient (Wildman–Crippen LogP) is 8.75. The lowest BCUT2D eigenvalue weighted by molar-refractivity contribution is -0.139. The van der Waals surface area contributed by atoms with Gasteiger partial charge in [-0.3, -0.25) is 9.52 Å². The van der Waals surface area contributed by atoms with E-state index in [1.807, 2.05) is 25.1 Å². The van der Waals surface area contributed by atoms with E-state index in [-0.39, 0.29) is 27.5 Å². The number of ether oxygens (including phenoxy) is 1. The van der Waals surface area contributed by atoms with Crippen molar-refractivity contribution < 1.29 is 26.8 Å². The number of anilines is 1. The van der Waals surface area contributed by atoms with Crippen molar-refractivity contribution in [3.63, 3.8) is 0 Å². The lowest BCUT2D eigenvalue weighted by Gasteiger charge is -2.40. The van der Waals surface area contributed by atoms with E-state index in [1.165, 1.54) is 6.92 Å². The predicted molar refractivity (Wildman–Crippen MR) is 178 cm³/mol. The maximum atomic E-state index is 13.5. The first kappa shape index (κ1) is 35.8. The Bertz CT molecular complexity index is 1350. The number of esters is 1. The van der Waals surface area contributed by atoms with Crippen LogP contribution < -0.4 is 9.15 Å². The van der Waals surface area contributed by atoms with Gasteiger partial charge in [0.1, 0.15) is 12.4 Å². The lowest BCUT2D eigenvalue weighted by atomic mass is 10.0.